The van der Waals surface area contributed by atoms with Gasteiger partial charge in [0.1, 0.15) is 0 Å². The second-order valence-corrected chi connectivity index (χ2v) is 7.61. The third-order valence-electron chi connectivity index (χ3n) is 5.44. The number of carbonyl (C=O) groups is 2. The van der Waals surface area contributed by atoms with E-state index in [4.69, 9.17) is 5.11 Å². The van der Waals surface area contributed by atoms with Gasteiger partial charge in [-0.2, -0.15) is 13.2 Å². The van der Waals surface area contributed by atoms with Gasteiger partial charge in [0, 0.05) is 42.0 Å². The highest BCUT2D eigenvalue weighted by Gasteiger charge is 2.31. The van der Waals surface area contributed by atoms with Crippen LogP contribution in [0.1, 0.15) is 23.1 Å². The standard InChI is InChI=1S/C24H20F3N3O3/c25-24(26,27)18-3-1-15(20(14-18)16-8-11-30(12-9-16)23(32)33)2-6-22(31)29-19-4-5-21-17(13-19)7-10-28-21/h1-8,10,13-14,28H,9,11-12H2,(H,29,31)(H,32,33)/b6-2+. The molecule has 0 unspecified atom stereocenters. The number of aromatic nitrogens is 1. The number of hydrogen-bond donors (Lipinski definition) is 3. The van der Waals surface area contributed by atoms with Crippen LogP contribution >= 0.6 is 0 Å². The van der Waals surface area contributed by atoms with Crippen LogP contribution < -0.4 is 5.32 Å². The molecule has 9 heteroatoms. The first kappa shape index (κ1) is 22.2. The zero-order valence-electron chi connectivity index (χ0n) is 17.3. The van der Waals surface area contributed by atoms with E-state index in [0.717, 1.165) is 23.0 Å². The number of aromatic amines is 1. The Bertz CT molecular complexity index is 1270. The predicted octanol–water partition coefficient (Wildman–Crippen LogP) is 5.61. The third kappa shape index (κ3) is 5.08. The summed E-state index contributed by atoms with van der Waals surface area (Å²) in [6.45, 7) is 0.273. The van der Waals surface area contributed by atoms with Gasteiger partial charge in [-0.1, -0.05) is 12.1 Å². The number of benzene rings is 2. The van der Waals surface area contributed by atoms with Gasteiger partial charge >= 0.3 is 12.3 Å². The fourth-order valence-electron chi connectivity index (χ4n) is 3.72. The second-order valence-electron chi connectivity index (χ2n) is 7.61. The summed E-state index contributed by atoms with van der Waals surface area (Å²) in [7, 11) is 0. The summed E-state index contributed by atoms with van der Waals surface area (Å²) in [5.74, 6) is -0.426. The van der Waals surface area contributed by atoms with Gasteiger partial charge in [0.25, 0.3) is 0 Å². The van der Waals surface area contributed by atoms with Gasteiger partial charge in [-0.3, -0.25) is 4.79 Å². The lowest BCUT2D eigenvalue weighted by Crippen LogP contribution is -2.33. The molecule has 0 radical (unpaired) electrons. The molecular weight excluding hydrogens is 435 g/mol. The van der Waals surface area contributed by atoms with Crippen LogP contribution in [0.2, 0.25) is 0 Å². The lowest BCUT2D eigenvalue weighted by Gasteiger charge is -2.25. The first-order valence-corrected chi connectivity index (χ1v) is 10.2. The van der Waals surface area contributed by atoms with Gasteiger partial charge in [0.05, 0.1) is 5.56 Å². The first-order chi connectivity index (χ1) is 15.7. The van der Waals surface area contributed by atoms with E-state index in [2.05, 4.69) is 10.3 Å². The van der Waals surface area contributed by atoms with Crippen LogP contribution in [0.5, 0.6) is 0 Å². The lowest BCUT2D eigenvalue weighted by atomic mass is 9.92. The number of nitrogens with zero attached hydrogens (tertiary/aromatic N) is 1. The van der Waals surface area contributed by atoms with E-state index < -0.39 is 23.7 Å². The molecule has 1 aromatic heterocycles. The molecule has 33 heavy (non-hydrogen) atoms. The molecule has 0 spiro atoms. The van der Waals surface area contributed by atoms with Crippen LogP contribution in [0.15, 0.2) is 60.8 Å². The van der Waals surface area contributed by atoms with Gasteiger partial charge in [0.15, 0.2) is 0 Å². The average molecular weight is 455 g/mol. The van der Waals surface area contributed by atoms with E-state index in [-0.39, 0.29) is 19.5 Å². The summed E-state index contributed by atoms with van der Waals surface area (Å²) in [5, 5.41) is 12.8. The molecule has 0 atom stereocenters. The Morgan fingerprint density at radius 2 is 1.94 bits per heavy atom. The molecule has 4 rings (SSSR count). The number of nitrogens with one attached hydrogen (secondary N) is 2. The van der Waals surface area contributed by atoms with Crippen molar-refractivity contribution in [3.8, 4) is 0 Å². The number of carboxylic acid groups (broad SMARTS) is 1. The number of rotatable bonds is 4. The van der Waals surface area contributed by atoms with Crippen LogP contribution in [0.4, 0.5) is 23.7 Å². The fourth-order valence-corrected chi connectivity index (χ4v) is 3.72. The lowest BCUT2D eigenvalue weighted by molar-refractivity contribution is -0.137. The van der Waals surface area contributed by atoms with Crippen molar-refractivity contribution < 1.29 is 27.9 Å². The predicted molar refractivity (Wildman–Crippen MR) is 120 cm³/mol. The number of halogens is 3. The molecule has 3 aromatic rings. The number of carbonyl (C=O) groups excluding carboxylic acids is 1. The van der Waals surface area contributed by atoms with Gasteiger partial charge in [0.2, 0.25) is 5.91 Å². The summed E-state index contributed by atoms with van der Waals surface area (Å²) in [6.07, 6.45) is 0.799. The van der Waals surface area contributed by atoms with Gasteiger partial charge in [-0.25, -0.2) is 4.79 Å². The number of amides is 2. The highest BCUT2D eigenvalue weighted by Crippen LogP contribution is 2.34. The van der Waals surface area contributed by atoms with E-state index in [1.165, 1.54) is 23.1 Å². The zero-order chi connectivity index (χ0) is 23.6. The largest absolute Gasteiger partial charge is 0.465 e. The molecule has 1 aliphatic rings. The van der Waals surface area contributed by atoms with E-state index in [1.54, 1.807) is 18.3 Å². The summed E-state index contributed by atoms with van der Waals surface area (Å²) in [5.41, 5.74) is 2.09. The highest BCUT2D eigenvalue weighted by molar-refractivity contribution is 6.03. The minimum absolute atomic E-state index is 0.0895. The number of anilines is 1. The Morgan fingerprint density at radius 3 is 2.64 bits per heavy atom. The normalized spacial score (nSPS) is 14.5. The van der Waals surface area contributed by atoms with Gasteiger partial charge in [-0.15, -0.1) is 0 Å². The second kappa shape index (κ2) is 8.85. The SMILES string of the molecule is O=C(/C=C/c1ccc(C(F)(F)F)cc1C1=CCN(C(=O)O)CC1)Nc1ccc2[nH]ccc2c1. The number of hydrogen-bond acceptors (Lipinski definition) is 2. The molecule has 170 valence electrons. The molecule has 2 amide bonds. The van der Waals surface area contributed by atoms with Crippen LogP contribution in [0, 0.1) is 0 Å². The van der Waals surface area contributed by atoms with Crippen LogP contribution in [0.3, 0.4) is 0 Å². The van der Waals surface area contributed by atoms with E-state index in [0.29, 0.717) is 22.4 Å². The molecule has 0 saturated heterocycles. The van der Waals surface area contributed by atoms with Crippen molar-refractivity contribution in [1.29, 1.82) is 0 Å². The van der Waals surface area contributed by atoms with Crippen molar-refractivity contribution in [1.82, 2.24) is 9.88 Å². The Hall–Kier alpha value is -4.01. The highest BCUT2D eigenvalue weighted by atomic mass is 19.4. The summed E-state index contributed by atoms with van der Waals surface area (Å²) in [6, 6.07) is 10.6. The minimum atomic E-state index is -4.52. The summed E-state index contributed by atoms with van der Waals surface area (Å²) >= 11 is 0. The van der Waals surface area contributed by atoms with Crippen molar-refractivity contribution in [3.05, 3.63) is 77.5 Å². The number of fused-ring (bicyclic) bond motifs is 1. The van der Waals surface area contributed by atoms with Crippen LogP contribution in [-0.4, -0.2) is 40.1 Å². The van der Waals surface area contributed by atoms with Crippen molar-refractivity contribution in [2.24, 2.45) is 0 Å². The number of alkyl halides is 3. The molecule has 0 fully saturated rings. The van der Waals surface area contributed by atoms with E-state index in [1.807, 2.05) is 18.2 Å². The smallest absolute Gasteiger partial charge is 0.416 e. The van der Waals surface area contributed by atoms with Gasteiger partial charge in [-0.05, 0) is 65.6 Å². The van der Waals surface area contributed by atoms with Gasteiger partial charge < -0.3 is 20.3 Å². The quantitative estimate of drug-likeness (QED) is 0.448. The Kier molecular flexibility index (Phi) is 5.95. The monoisotopic (exact) mass is 455 g/mol. The molecular formula is C24H20F3N3O3. The molecule has 2 aromatic carbocycles. The zero-order valence-corrected chi connectivity index (χ0v) is 17.3. The third-order valence-corrected chi connectivity index (χ3v) is 5.44. The minimum Gasteiger partial charge on any atom is -0.465 e. The maximum absolute atomic E-state index is 13.3. The first-order valence-electron chi connectivity index (χ1n) is 10.2. The maximum Gasteiger partial charge on any atom is 0.416 e. The van der Waals surface area contributed by atoms with Crippen molar-refractivity contribution in [2.75, 3.05) is 18.4 Å². The fraction of sp³-hybridized carbons (Fsp3) is 0.167. The molecule has 0 aliphatic carbocycles. The van der Waals surface area contributed by atoms with Crippen LogP contribution in [-0.2, 0) is 11.0 Å². The maximum atomic E-state index is 13.3. The summed E-state index contributed by atoms with van der Waals surface area (Å²) < 4.78 is 39.9. The topological polar surface area (TPSA) is 85.4 Å². The van der Waals surface area contributed by atoms with E-state index >= 15 is 0 Å². The molecule has 2 heterocycles. The summed E-state index contributed by atoms with van der Waals surface area (Å²) in [4.78, 5) is 27.8. The average Bonchev–Trinajstić information content (AvgIpc) is 3.25. The molecule has 3 N–H and O–H groups in total. The Labute approximate surface area is 187 Å². The van der Waals surface area contributed by atoms with Crippen molar-refractivity contribution >= 4 is 40.2 Å². The number of H-pyrrole nitrogens is 1. The van der Waals surface area contributed by atoms with E-state index in [9.17, 15) is 22.8 Å². The molecule has 6 nitrogen and oxygen atoms in total. The Balaban J connectivity index is 1.58. The van der Waals surface area contributed by atoms with Crippen molar-refractivity contribution in [3.63, 3.8) is 0 Å². The molecule has 0 saturated carbocycles. The molecule has 0 bridgehead atoms. The van der Waals surface area contributed by atoms with Crippen molar-refractivity contribution in [2.45, 2.75) is 12.6 Å². The molecule has 1 aliphatic heterocycles. The Morgan fingerprint density at radius 1 is 1.12 bits per heavy atom. The van der Waals surface area contributed by atoms with Crippen LogP contribution in [0.25, 0.3) is 22.6 Å².